The van der Waals surface area contributed by atoms with E-state index in [1.165, 1.54) is 12.3 Å². The molecule has 1 aromatic carbocycles. The van der Waals surface area contributed by atoms with Crippen molar-refractivity contribution in [3.63, 3.8) is 0 Å². The van der Waals surface area contributed by atoms with Crippen molar-refractivity contribution in [2.24, 2.45) is 0 Å². The predicted molar refractivity (Wildman–Crippen MR) is 85.6 cm³/mol. The molecule has 1 amide bonds. The Bertz CT molecular complexity index is 924. The number of halogens is 1. The number of rotatable bonds is 3. The average molecular weight is 324 g/mol. The summed E-state index contributed by atoms with van der Waals surface area (Å²) in [5.41, 5.74) is 7.58. The van der Waals surface area contributed by atoms with Crippen LogP contribution in [-0.4, -0.2) is 15.9 Å². The predicted octanol–water partition coefficient (Wildman–Crippen LogP) is 2.74. The second-order valence-corrected chi connectivity index (χ2v) is 5.51. The van der Waals surface area contributed by atoms with Gasteiger partial charge in [0.2, 0.25) is 11.9 Å². The van der Waals surface area contributed by atoms with Crippen molar-refractivity contribution in [2.45, 2.75) is 12.3 Å². The van der Waals surface area contributed by atoms with Gasteiger partial charge in [-0.25, -0.2) is 14.4 Å². The van der Waals surface area contributed by atoms with E-state index in [1.807, 2.05) is 0 Å². The average Bonchev–Trinajstić information content (AvgIpc) is 3.18. The molecule has 0 fully saturated rings. The number of carbonyl (C=O) groups is 1. The fourth-order valence-corrected chi connectivity index (χ4v) is 2.87. The van der Waals surface area contributed by atoms with Gasteiger partial charge in [-0.05, 0) is 30.2 Å². The van der Waals surface area contributed by atoms with Gasteiger partial charge in [0.25, 0.3) is 0 Å². The highest BCUT2D eigenvalue weighted by atomic mass is 19.1. The zero-order valence-corrected chi connectivity index (χ0v) is 12.5. The van der Waals surface area contributed by atoms with Crippen LogP contribution < -0.4 is 11.1 Å². The number of benzene rings is 1. The Kier molecular flexibility index (Phi) is 3.26. The molecule has 7 heteroatoms. The third-order valence-corrected chi connectivity index (χ3v) is 3.99. The van der Waals surface area contributed by atoms with Gasteiger partial charge in [-0.1, -0.05) is 18.2 Å². The van der Waals surface area contributed by atoms with E-state index >= 15 is 0 Å². The first kappa shape index (κ1) is 14.4. The quantitative estimate of drug-likeness (QED) is 0.772. The van der Waals surface area contributed by atoms with Crippen molar-refractivity contribution in [3.8, 4) is 11.5 Å². The van der Waals surface area contributed by atoms with Crippen LogP contribution in [0.3, 0.4) is 0 Å². The molecule has 0 radical (unpaired) electrons. The normalized spacial score (nSPS) is 16.0. The number of anilines is 2. The minimum atomic E-state index is -0.629. The van der Waals surface area contributed by atoms with Crippen molar-refractivity contribution in [3.05, 3.63) is 59.7 Å². The largest absolute Gasteiger partial charge is 0.463 e. The van der Waals surface area contributed by atoms with Crippen LogP contribution in [0.1, 0.15) is 17.2 Å². The van der Waals surface area contributed by atoms with E-state index in [-0.39, 0.29) is 24.1 Å². The number of nitrogens with zero attached hydrogens (tertiary/aromatic N) is 2. The van der Waals surface area contributed by atoms with Gasteiger partial charge < -0.3 is 15.5 Å². The number of furan rings is 1. The molecular formula is C17H13FN4O2. The highest BCUT2D eigenvalue weighted by Crippen LogP contribution is 2.40. The lowest BCUT2D eigenvalue weighted by Crippen LogP contribution is -2.15. The van der Waals surface area contributed by atoms with Crippen LogP contribution in [0, 0.1) is 5.82 Å². The number of nitrogen functional groups attached to an aromatic ring is 1. The third kappa shape index (κ3) is 2.30. The van der Waals surface area contributed by atoms with Gasteiger partial charge in [-0.3, -0.25) is 4.79 Å². The van der Waals surface area contributed by atoms with Gasteiger partial charge in [0, 0.05) is 0 Å². The molecule has 1 aliphatic rings. The van der Waals surface area contributed by atoms with E-state index in [0.717, 1.165) is 0 Å². The summed E-state index contributed by atoms with van der Waals surface area (Å²) >= 11 is 0. The topological polar surface area (TPSA) is 94.0 Å². The number of amides is 1. The molecule has 24 heavy (non-hydrogen) atoms. The highest BCUT2D eigenvalue weighted by molar-refractivity contribution is 6.05. The highest BCUT2D eigenvalue weighted by Gasteiger charge is 2.36. The lowest BCUT2D eigenvalue weighted by atomic mass is 9.96. The van der Waals surface area contributed by atoms with E-state index in [0.29, 0.717) is 28.4 Å². The van der Waals surface area contributed by atoms with E-state index in [9.17, 15) is 9.18 Å². The number of carbonyl (C=O) groups excluding carboxylic acids is 1. The number of nitrogens with two attached hydrogens (primary N) is 1. The van der Waals surface area contributed by atoms with Crippen LogP contribution in [0.2, 0.25) is 0 Å². The molecule has 4 rings (SSSR count). The Hall–Kier alpha value is -3.22. The molecule has 0 aliphatic carbocycles. The van der Waals surface area contributed by atoms with E-state index in [2.05, 4.69) is 15.3 Å². The number of aromatic nitrogens is 2. The summed E-state index contributed by atoms with van der Waals surface area (Å²) in [7, 11) is 0. The Balaban J connectivity index is 1.79. The van der Waals surface area contributed by atoms with Gasteiger partial charge >= 0.3 is 0 Å². The minimum absolute atomic E-state index is 0.0372. The summed E-state index contributed by atoms with van der Waals surface area (Å²) in [6.45, 7) is 0. The van der Waals surface area contributed by atoms with Crippen LogP contribution in [0.25, 0.3) is 11.5 Å². The Morgan fingerprint density at radius 1 is 1.21 bits per heavy atom. The monoisotopic (exact) mass is 324 g/mol. The molecule has 1 unspecified atom stereocenters. The first-order valence-electron chi connectivity index (χ1n) is 7.39. The van der Waals surface area contributed by atoms with Gasteiger partial charge in [0.05, 0.1) is 23.6 Å². The Morgan fingerprint density at radius 2 is 2.04 bits per heavy atom. The first-order chi connectivity index (χ1) is 11.6. The second-order valence-electron chi connectivity index (χ2n) is 5.51. The maximum absolute atomic E-state index is 13.9. The van der Waals surface area contributed by atoms with E-state index < -0.39 is 5.92 Å². The van der Waals surface area contributed by atoms with Crippen molar-refractivity contribution >= 4 is 17.5 Å². The summed E-state index contributed by atoms with van der Waals surface area (Å²) in [6, 6.07) is 9.79. The number of nitrogens with one attached hydrogen (secondary N) is 1. The standard InChI is InChI=1S/C17H13FN4O2/c18-11-5-2-1-4-9(11)8-10-13-15(20-16(10)23)14(22-17(19)21-13)12-6-3-7-24-12/h1-7,10H,8H2,(H,20,23)(H2,19,21,22). The lowest BCUT2D eigenvalue weighted by molar-refractivity contribution is -0.117. The SMILES string of the molecule is Nc1nc(-c2ccco2)c2c(n1)C(Cc1ccccc1F)C(=O)N2. The molecule has 1 aliphatic heterocycles. The summed E-state index contributed by atoms with van der Waals surface area (Å²) < 4.78 is 19.3. The molecule has 3 heterocycles. The maximum atomic E-state index is 13.9. The molecule has 0 spiro atoms. The maximum Gasteiger partial charge on any atom is 0.234 e. The summed E-state index contributed by atoms with van der Waals surface area (Å²) in [5.74, 6) is -0.730. The molecule has 1 atom stereocenters. The number of fused-ring (bicyclic) bond motifs is 1. The molecule has 0 saturated heterocycles. The van der Waals surface area contributed by atoms with Crippen molar-refractivity contribution < 1.29 is 13.6 Å². The number of hydrogen-bond acceptors (Lipinski definition) is 5. The van der Waals surface area contributed by atoms with E-state index in [1.54, 1.807) is 30.3 Å². The Labute approximate surface area is 136 Å². The molecule has 0 saturated carbocycles. The zero-order chi connectivity index (χ0) is 16.7. The van der Waals surface area contributed by atoms with Crippen molar-refractivity contribution in [1.82, 2.24) is 9.97 Å². The van der Waals surface area contributed by atoms with Crippen LogP contribution in [0.4, 0.5) is 16.0 Å². The molecule has 120 valence electrons. The molecule has 0 bridgehead atoms. The molecule has 3 N–H and O–H groups in total. The number of hydrogen-bond donors (Lipinski definition) is 2. The van der Waals surface area contributed by atoms with E-state index in [4.69, 9.17) is 10.2 Å². The van der Waals surface area contributed by atoms with Crippen molar-refractivity contribution in [1.29, 1.82) is 0 Å². The molecular weight excluding hydrogens is 311 g/mol. The van der Waals surface area contributed by atoms with Crippen LogP contribution in [0.15, 0.2) is 47.1 Å². The van der Waals surface area contributed by atoms with Crippen molar-refractivity contribution in [2.75, 3.05) is 11.1 Å². The van der Waals surface area contributed by atoms with Gasteiger partial charge in [0.15, 0.2) is 5.76 Å². The molecule has 6 nitrogen and oxygen atoms in total. The van der Waals surface area contributed by atoms with Crippen LogP contribution >= 0.6 is 0 Å². The smallest absolute Gasteiger partial charge is 0.234 e. The molecule has 3 aromatic rings. The van der Waals surface area contributed by atoms with Gasteiger partial charge in [0.1, 0.15) is 11.5 Å². The first-order valence-corrected chi connectivity index (χ1v) is 7.39. The zero-order valence-electron chi connectivity index (χ0n) is 12.5. The lowest BCUT2D eigenvalue weighted by Gasteiger charge is -2.10. The van der Waals surface area contributed by atoms with Crippen LogP contribution in [0.5, 0.6) is 0 Å². The molecule has 2 aromatic heterocycles. The Morgan fingerprint density at radius 3 is 2.79 bits per heavy atom. The fraction of sp³-hybridized carbons (Fsp3) is 0.118. The summed E-state index contributed by atoms with van der Waals surface area (Å²) in [6.07, 6.45) is 1.70. The third-order valence-electron chi connectivity index (χ3n) is 3.99. The summed E-state index contributed by atoms with van der Waals surface area (Å²) in [4.78, 5) is 20.8. The van der Waals surface area contributed by atoms with Gasteiger partial charge in [-0.2, -0.15) is 0 Å². The van der Waals surface area contributed by atoms with Crippen LogP contribution in [-0.2, 0) is 11.2 Å². The fourth-order valence-electron chi connectivity index (χ4n) is 2.87. The summed E-state index contributed by atoms with van der Waals surface area (Å²) in [5, 5.41) is 2.77. The van der Waals surface area contributed by atoms with Gasteiger partial charge in [-0.15, -0.1) is 0 Å². The second kappa shape index (κ2) is 5.45. The minimum Gasteiger partial charge on any atom is -0.463 e.